The van der Waals surface area contributed by atoms with Crippen molar-refractivity contribution in [1.29, 1.82) is 0 Å². The lowest BCUT2D eigenvalue weighted by molar-refractivity contribution is 0.462. The van der Waals surface area contributed by atoms with E-state index in [9.17, 15) is 16.8 Å². The zero-order valence-corrected chi connectivity index (χ0v) is 16.0. The van der Waals surface area contributed by atoms with E-state index in [1.807, 2.05) is 0 Å². The molecule has 0 aromatic carbocycles. The normalized spacial score (nSPS) is 25.0. The highest BCUT2D eigenvalue weighted by Crippen LogP contribution is 2.23. The molecule has 6 heteroatoms. The predicted octanol–water partition coefficient (Wildman–Crippen LogP) is 3.31. The minimum atomic E-state index is -3.27. The summed E-state index contributed by atoms with van der Waals surface area (Å²) < 4.78 is 48.5. The minimum absolute atomic E-state index is 0.119. The molecule has 0 amide bonds. The van der Waals surface area contributed by atoms with Crippen LogP contribution >= 0.6 is 0 Å². The van der Waals surface area contributed by atoms with Crippen LogP contribution in [0.25, 0.3) is 0 Å². The monoisotopic (exact) mass is 374 g/mol. The predicted molar refractivity (Wildman–Crippen MR) is 99.5 cm³/mol. The molecule has 0 saturated carbocycles. The van der Waals surface area contributed by atoms with Gasteiger partial charge in [-0.1, -0.05) is 24.3 Å². The van der Waals surface area contributed by atoms with Crippen molar-refractivity contribution in [1.82, 2.24) is 0 Å². The third kappa shape index (κ3) is 7.51. The summed E-state index contributed by atoms with van der Waals surface area (Å²) in [7, 11) is -6.54. The quantitative estimate of drug-likeness (QED) is 0.581. The van der Waals surface area contributed by atoms with Gasteiger partial charge in [-0.05, 0) is 63.2 Å². The molecule has 2 rings (SSSR count). The highest BCUT2D eigenvalue weighted by Gasteiger charge is 2.21. The van der Waals surface area contributed by atoms with E-state index in [4.69, 9.17) is 0 Å². The summed E-state index contributed by atoms with van der Waals surface area (Å²) in [5.74, 6) is 0.662. The van der Waals surface area contributed by atoms with Gasteiger partial charge in [-0.25, -0.2) is 16.8 Å². The maximum atomic E-state index is 12.1. The Labute approximate surface area is 147 Å². The Hall–Kier alpha value is -0.620. The maximum Gasteiger partial charge on any atom is 0.151 e. The topological polar surface area (TPSA) is 68.3 Å². The molecule has 0 N–H and O–H groups in total. The van der Waals surface area contributed by atoms with E-state index in [-0.39, 0.29) is 23.0 Å². The largest absolute Gasteiger partial charge is 0.229 e. The zero-order chi connectivity index (χ0) is 17.5. The van der Waals surface area contributed by atoms with Crippen LogP contribution in [-0.2, 0) is 19.7 Å². The van der Waals surface area contributed by atoms with Gasteiger partial charge in [0.1, 0.15) is 0 Å². The Bertz CT molecular complexity index is 587. The van der Waals surface area contributed by atoms with Crippen LogP contribution in [0.3, 0.4) is 0 Å². The Morgan fingerprint density at radius 2 is 1.04 bits per heavy atom. The molecule has 0 aromatic heterocycles. The average Bonchev–Trinajstić information content (AvgIpc) is 2.59. The second-order valence-corrected chi connectivity index (χ2v) is 11.8. The molecule has 24 heavy (non-hydrogen) atoms. The number of rotatable bonds is 9. The van der Waals surface area contributed by atoms with Crippen LogP contribution in [-0.4, -0.2) is 39.8 Å². The molecule has 0 spiro atoms. The van der Waals surface area contributed by atoms with Crippen molar-refractivity contribution < 1.29 is 16.8 Å². The summed E-state index contributed by atoms with van der Waals surface area (Å²) in [4.78, 5) is 0. The fraction of sp³-hybridized carbons (Fsp3) is 0.778. The molecule has 2 aliphatic carbocycles. The molecular formula is C18H30O4S2. The first kappa shape index (κ1) is 19.7. The van der Waals surface area contributed by atoms with Gasteiger partial charge in [0, 0.05) is 0 Å². The highest BCUT2D eigenvalue weighted by molar-refractivity contribution is 7.95. The number of hydrogen-bond donors (Lipinski definition) is 0. The van der Waals surface area contributed by atoms with E-state index in [2.05, 4.69) is 24.3 Å². The van der Waals surface area contributed by atoms with Crippen molar-refractivity contribution >= 4 is 19.7 Å². The van der Waals surface area contributed by atoms with Crippen molar-refractivity contribution in [2.45, 2.75) is 51.4 Å². The summed E-state index contributed by atoms with van der Waals surface area (Å²) in [6, 6.07) is 0. The molecule has 138 valence electrons. The van der Waals surface area contributed by atoms with Crippen molar-refractivity contribution in [2.75, 3.05) is 23.0 Å². The van der Waals surface area contributed by atoms with Gasteiger partial charge in [-0.3, -0.25) is 0 Å². The third-order valence-electron chi connectivity index (χ3n) is 5.13. The standard InChI is InChI=1S/C18H30O4S2/c19-23(20,13-11-17-7-3-1-4-8-17)15-16-24(21,22)14-12-18-9-5-2-6-10-18/h1-3,5,17-18H,4,6-16H2. The fourth-order valence-corrected chi connectivity index (χ4v) is 7.21. The van der Waals surface area contributed by atoms with Crippen LogP contribution in [0.15, 0.2) is 24.3 Å². The Kier molecular flexibility index (Phi) is 7.54. The second kappa shape index (κ2) is 9.18. The molecule has 0 fully saturated rings. The fourth-order valence-electron chi connectivity index (χ4n) is 3.39. The Morgan fingerprint density at radius 3 is 1.38 bits per heavy atom. The van der Waals surface area contributed by atoms with E-state index < -0.39 is 19.7 Å². The first-order chi connectivity index (χ1) is 11.4. The molecular weight excluding hydrogens is 344 g/mol. The van der Waals surface area contributed by atoms with Crippen LogP contribution in [0.1, 0.15) is 51.4 Å². The third-order valence-corrected chi connectivity index (χ3v) is 8.76. The van der Waals surface area contributed by atoms with Crippen LogP contribution in [0.5, 0.6) is 0 Å². The molecule has 2 aliphatic rings. The van der Waals surface area contributed by atoms with Gasteiger partial charge in [0.15, 0.2) is 19.7 Å². The lowest BCUT2D eigenvalue weighted by Gasteiger charge is -2.18. The number of hydrogen-bond acceptors (Lipinski definition) is 4. The van der Waals surface area contributed by atoms with Gasteiger partial charge < -0.3 is 0 Å². The summed E-state index contributed by atoms with van der Waals surface area (Å²) in [6.45, 7) is 0. The van der Waals surface area contributed by atoms with Crippen LogP contribution in [0, 0.1) is 11.8 Å². The van der Waals surface area contributed by atoms with E-state index in [1.165, 1.54) is 0 Å². The Balaban J connectivity index is 1.71. The van der Waals surface area contributed by atoms with E-state index >= 15 is 0 Å². The molecule has 0 saturated heterocycles. The minimum Gasteiger partial charge on any atom is -0.229 e. The molecule has 2 atom stereocenters. The summed E-state index contributed by atoms with van der Waals surface area (Å²) in [6.07, 6.45) is 15.8. The van der Waals surface area contributed by atoms with Crippen molar-refractivity contribution in [2.24, 2.45) is 11.8 Å². The van der Waals surface area contributed by atoms with Gasteiger partial charge in [0.2, 0.25) is 0 Å². The lowest BCUT2D eigenvalue weighted by atomic mass is 9.92. The van der Waals surface area contributed by atoms with Crippen LogP contribution in [0.2, 0.25) is 0 Å². The summed E-state index contributed by atoms with van der Waals surface area (Å²) in [5, 5.41) is 0. The summed E-state index contributed by atoms with van der Waals surface area (Å²) in [5.41, 5.74) is 0. The second-order valence-electron chi connectivity index (χ2n) is 7.18. The van der Waals surface area contributed by atoms with E-state index in [1.54, 1.807) is 0 Å². The molecule has 4 nitrogen and oxygen atoms in total. The lowest BCUT2D eigenvalue weighted by Crippen LogP contribution is -2.23. The van der Waals surface area contributed by atoms with Gasteiger partial charge >= 0.3 is 0 Å². The maximum absolute atomic E-state index is 12.1. The number of sulfone groups is 2. The molecule has 0 bridgehead atoms. The van der Waals surface area contributed by atoms with Gasteiger partial charge in [-0.2, -0.15) is 0 Å². The van der Waals surface area contributed by atoms with Crippen molar-refractivity contribution in [3.63, 3.8) is 0 Å². The Morgan fingerprint density at radius 1 is 0.625 bits per heavy atom. The highest BCUT2D eigenvalue weighted by atomic mass is 32.2. The van der Waals surface area contributed by atoms with Gasteiger partial charge in [0.05, 0.1) is 23.0 Å². The van der Waals surface area contributed by atoms with Crippen LogP contribution in [0.4, 0.5) is 0 Å². The van der Waals surface area contributed by atoms with Gasteiger partial charge in [-0.15, -0.1) is 0 Å². The smallest absolute Gasteiger partial charge is 0.151 e. The van der Waals surface area contributed by atoms with E-state index in [0.29, 0.717) is 24.7 Å². The molecule has 0 heterocycles. The average molecular weight is 375 g/mol. The first-order valence-corrected chi connectivity index (χ1v) is 12.7. The molecule has 0 aromatic rings. The summed E-state index contributed by atoms with van der Waals surface area (Å²) >= 11 is 0. The molecule has 2 unspecified atom stereocenters. The molecule has 0 aliphatic heterocycles. The SMILES string of the molecule is O=S(=O)(CCC1CC=CCC1)CCS(=O)(=O)CCC1CC=CCC1. The van der Waals surface area contributed by atoms with Crippen LogP contribution < -0.4 is 0 Å². The molecule has 0 radical (unpaired) electrons. The van der Waals surface area contributed by atoms with Gasteiger partial charge in [0.25, 0.3) is 0 Å². The van der Waals surface area contributed by atoms with Crippen molar-refractivity contribution in [3.8, 4) is 0 Å². The van der Waals surface area contributed by atoms with Crippen molar-refractivity contribution in [3.05, 3.63) is 24.3 Å². The van der Waals surface area contributed by atoms with E-state index in [0.717, 1.165) is 38.5 Å². The first-order valence-electron chi connectivity index (χ1n) is 9.07. The zero-order valence-electron chi connectivity index (χ0n) is 14.4. The number of allylic oxidation sites excluding steroid dienone is 4.